The molecule has 0 unspecified atom stereocenters. The van der Waals surface area contributed by atoms with Gasteiger partial charge in [-0.3, -0.25) is 4.90 Å². The molecule has 1 aromatic rings. The largest absolute Gasteiger partial charge is 0.467 e. The fourth-order valence-corrected chi connectivity index (χ4v) is 3.60. The average Bonchev–Trinajstić information content (AvgIpc) is 3.12. The van der Waals surface area contributed by atoms with Crippen molar-refractivity contribution in [2.75, 3.05) is 25.1 Å². The Morgan fingerprint density at radius 2 is 1.81 bits per heavy atom. The highest BCUT2D eigenvalue weighted by Crippen LogP contribution is 2.30. The molecular formula is C20H28N2O4. The molecule has 0 aliphatic carbocycles. The molecule has 6 heteroatoms. The minimum Gasteiger partial charge on any atom is -0.467 e. The number of hydrogen-bond donors (Lipinski definition) is 0. The molecule has 2 heterocycles. The van der Waals surface area contributed by atoms with Crippen molar-refractivity contribution >= 4 is 17.7 Å². The number of amides is 1. The van der Waals surface area contributed by atoms with Gasteiger partial charge < -0.3 is 14.4 Å². The van der Waals surface area contributed by atoms with Crippen molar-refractivity contribution in [3.05, 3.63) is 29.3 Å². The van der Waals surface area contributed by atoms with Crippen LogP contribution in [0.5, 0.6) is 0 Å². The molecule has 0 aromatic heterocycles. The second-order valence-electron chi connectivity index (χ2n) is 8.00. The molecule has 0 bridgehead atoms. The molecule has 1 aromatic carbocycles. The van der Waals surface area contributed by atoms with E-state index in [1.807, 2.05) is 20.8 Å². The number of carbonyl (C=O) groups excluding carboxylic acids is 2. The van der Waals surface area contributed by atoms with Gasteiger partial charge in [0.15, 0.2) is 0 Å². The number of anilines is 1. The van der Waals surface area contributed by atoms with E-state index in [0.717, 1.165) is 24.2 Å². The van der Waals surface area contributed by atoms with Gasteiger partial charge in [-0.05, 0) is 56.9 Å². The molecule has 3 rings (SSSR count). The van der Waals surface area contributed by atoms with Gasteiger partial charge in [0, 0.05) is 25.2 Å². The predicted molar refractivity (Wildman–Crippen MR) is 99.2 cm³/mol. The summed E-state index contributed by atoms with van der Waals surface area (Å²) in [4.78, 5) is 28.8. The maximum absolute atomic E-state index is 12.7. The summed E-state index contributed by atoms with van der Waals surface area (Å²) in [6, 6.07) is 5.68. The molecule has 26 heavy (non-hydrogen) atoms. The maximum Gasteiger partial charge on any atom is 0.411 e. The van der Waals surface area contributed by atoms with Gasteiger partial charge in [0.2, 0.25) is 0 Å². The van der Waals surface area contributed by atoms with Crippen molar-refractivity contribution in [3.63, 3.8) is 0 Å². The van der Waals surface area contributed by atoms with Crippen LogP contribution in [0.3, 0.4) is 0 Å². The summed E-state index contributed by atoms with van der Waals surface area (Å²) >= 11 is 0. The smallest absolute Gasteiger partial charge is 0.411 e. The highest BCUT2D eigenvalue weighted by Gasteiger charge is 2.37. The molecule has 1 atom stereocenters. The van der Waals surface area contributed by atoms with E-state index in [9.17, 15) is 9.59 Å². The minimum atomic E-state index is -0.653. The van der Waals surface area contributed by atoms with Crippen molar-refractivity contribution in [2.45, 2.75) is 58.2 Å². The van der Waals surface area contributed by atoms with Gasteiger partial charge in [-0.1, -0.05) is 6.07 Å². The van der Waals surface area contributed by atoms with Crippen LogP contribution < -0.4 is 4.90 Å². The predicted octanol–water partition coefficient (Wildman–Crippen LogP) is 3.12. The fourth-order valence-electron chi connectivity index (χ4n) is 3.60. The van der Waals surface area contributed by atoms with E-state index >= 15 is 0 Å². The van der Waals surface area contributed by atoms with E-state index < -0.39 is 23.7 Å². The standard InChI is InChI=1S/C20H28N2O4/c1-20(2,3)26-19(24)22-13-15-11-16(21-9-5-6-10-21)8-7-14(15)12-17(22)18(23)25-4/h7-8,11,17H,5-6,9-10,12-13H2,1-4H3/t17-/m0/s1. The molecule has 0 radical (unpaired) electrons. The van der Waals surface area contributed by atoms with Gasteiger partial charge in [-0.25, -0.2) is 9.59 Å². The summed E-state index contributed by atoms with van der Waals surface area (Å²) in [6.45, 7) is 7.95. The lowest BCUT2D eigenvalue weighted by Crippen LogP contribution is -2.50. The number of fused-ring (bicyclic) bond motifs is 1. The van der Waals surface area contributed by atoms with Crippen LogP contribution in [0.1, 0.15) is 44.7 Å². The number of nitrogens with zero attached hydrogens (tertiary/aromatic N) is 2. The zero-order valence-corrected chi connectivity index (χ0v) is 16.1. The van der Waals surface area contributed by atoms with E-state index in [2.05, 4.69) is 23.1 Å². The molecule has 0 spiro atoms. The van der Waals surface area contributed by atoms with Crippen LogP contribution in [0, 0.1) is 0 Å². The van der Waals surface area contributed by atoms with Crippen LogP contribution in [0.15, 0.2) is 18.2 Å². The number of benzene rings is 1. The second-order valence-corrected chi connectivity index (χ2v) is 8.00. The molecule has 6 nitrogen and oxygen atoms in total. The highest BCUT2D eigenvalue weighted by molar-refractivity contribution is 5.82. The molecular weight excluding hydrogens is 332 g/mol. The Balaban J connectivity index is 1.88. The van der Waals surface area contributed by atoms with Gasteiger partial charge in [0.05, 0.1) is 13.7 Å². The monoisotopic (exact) mass is 360 g/mol. The minimum absolute atomic E-state index is 0.353. The second kappa shape index (κ2) is 7.17. The summed E-state index contributed by atoms with van der Waals surface area (Å²) in [7, 11) is 1.35. The molecule has 2 aliphatic heterocycles. The molecule has 0 N–H and O–H groups in total. The number of methoxy groups -OCH3 is 1. The van der Waals surface area contributed by atoms with E-state index in [1.54, 1.807) is 0 Å². The zero-order valence-electron chi connectivity index (χ0n) is 16.1. The topological polar surface area (TPSA) is 59.1 Å². The highest BCUT2D eigenvalue weighted by atomic mass is 16.6. The lowest BCUT2D eigenvalue weighted by Gasteiger charge is -2.36. The first-order valence-corrected chi connectivity index (χ1v) is 9.23. The number of ether oxygens (including phenoxy) is 2. The first kappa shape index (κ1) is 18.5. The Labute approximate surface area is 155 Å². The van der Waals surface area contributed by atoms with Gasteiger partial charge in [-0.2, -0.15) is 0 Å². The van der Waals surface area contributed by atoms with Gasteiger partial charge in [-0.15, -0.1) is 0 Å². The van der Waals surface area contributed by atoms with Crippen LogP contribution in [-0.2, 0) is 27.2 Å². The summed E-state index contributed by atoms with van der Waals surface area (Å²) in [6.07, 6.45) is 2.39. The number of rotatable bonds is 2. The Hall–Kier alpha value is -2.24. The quantitative estimate of drug-likeness (QED) is 0.759. The Morgan fingerprint density at radius 3 is 2.42 bits per heavy atom. The Bertz CT molecular complexity index is 690. The first-order valence-electron chi connectivity index (χ1n) is 9.23. The Morgan fingerprint density at radius 1 is 1.12 bits per heavy atom. The molecule has 2 aliphatic rings. The van der Waals surface area contributed by atoms with E-state index in [1.165, 1.54) is 30.5 Å². The van der Waals surface area contributed by atoms with E-state index in [-0.39, 0.29) is 0 Å². The average molecular weight is 360 g/mol. The van der Waals surface area contributed by atoms with Gasteiger partial charge in [0.1, 0.15) is 11.6 Å². The maximum atomic E-state index is 12.7. The third-order valence-corrected chi connectivity index (χ3v) is 4.89. The summed E-state index contributed by atoms with van der Waals surface area (Å²) < 4.78 is 10.4. The molecule has 142 valence electrons. The lowest BCUT2D eigenvalue weighted by atomic mass is 9.93. The molecule has 1 fully saturated rings. The van der Waals surface area contributed by atoms with Crippen molar-refractivity contribution in [1.82, 2.24) is 4.90 Å². The molecule has 0 saturated carbocycles. The van der Waals surface area contributed by atoms with Crippen LogP contribution in [0.2, 0.25) is 0 Å². The summed E-state index contributed by atoms with van der Waals surface area (Å²) in [5.41, 5.74) is 2.72. The van der Waals surface area contributed by atoms with Crippen molar-refractivity contribution < 1.29 is 19.1 Å². The Kier molecular flexibility index (Phi) is 5.12. The molecule has 1 saturated heterocycles. The molecule has 1 amide bonds. The van der Waals surface area contributed by atoms with E-state index in [0.29, 0.717) is 13.0 Å². The summed E-state index contributed by atoms with van der Waals surface area (Å²) in [5.74, 6) is -0.412. The van der Waals surface area contributed by atoms with Crippen molar-refractivity contribution in [3.8, 4) is 0 Å². The first-order chi connectivity index (χ1) is 12.3. The lowest BCUT2D eigenvalue weighted by molar-refractivity contribution is -0.147. The van der Waals surface area contributed by atoms with Crippen molar-refractivity contribution in [2.24, 2.45) is 0 Å². The van der Waals surface area contributed by atoms with Crippen LogP contribution in [0.25, 0.3) is 0 Å². The van der Waals surface area contributed by atoms with Crippen molar-refractivity contribution in [1.29, 1.82) is 0 Å². The third kappa shape index (κ3) is 3.94. The SMILES string of the molecule is COC(=O)[C@@H]1Cc2ccc(N3CCCC3)cc2CN1C(=O)OC(C)(C)C. The van der Waals surface area contributed by atoms with Gasteiger partial charge in [0.25, 0.3) is 0 Å². The van der Waals surface area contributed by atoms with Crippen LogP contribution >= 0.6 is 0 Å². The summed E-state index contributed by atoms with van der Waals surface area (Å²) in [5, 5.41) is 0. The normalized spacial score (nSPS) is 19.9. The number of esters is 1. The number of hydrogen-bond acceptors (Lipinski definition) is 5. The zero-order chi connectivity index (χ0) is 18.9. The number of carbonyl (C=O) groups is 2. The van der Waals surface area contributed by atoms with E-state index in [4.69, 9.17) is 9.47 Å². The van der Waals surface area contributed by atoms with Crippen LogP contribution in [0.4, 0.5) is 10.5 Å². The fraction of sp³-hybridized carbons (Fsp3) is 0.600. The van der Waals surface area contributed by atoms with Gasteiger partial charge >= 0.3 is 12.1 Å². The van der Waals surface area contributed by atoms with Crippen LogP contribution in [-0.4, -0.2) is 48.8 Å². The third-order valence-electron chi connectivity index (χ3n) is 4.89.